The summed E-state index contributed by atoms with van der Waals surface area (Å²) in [5, 5.41) is 3.66. The number of benzene rings is 1. The summed E-state index contributed by atoms with van der Waals surface area (Å²) in [4.78, 5) is 49.3. The maximum absolute atomic E-state index is 14.3. The highest BCUT2D eigenvalue weighted by Crippen LogP contribution is 2.33. The van der Waals surface area contributed by atoms with Gasteiger partial charge in [-0.25, -0.2) is 14.0 Å². The second-order valence-electron chi connectivity index (χ2n) is 6.52. The molecule has 0 saturated carbocycles. The van der Waals surface area contributed by atoms with Crippen molar-refractivity contribution in [2.24, 2.45) is 14.1 Å². The molecule has 3 rings (SSSR count). The van der Waals surface area contributed by atoms with Crippen LogP contribution < -0.4 is 17.0 Å². The number of hydrogen-bond acceptors (Lipinski definition) is 8. The van der Waals surface area contributed by atoms with Crippen molar-refractivity contribution < 1.29 is 23.2 Å². The summed E-state index contributed by atoms with van der Waals surface area (Å²) in [5.74, 6) is -3.09. The topological polar surface area (TPSA) is 139 Å². The molecule has 0 atom stereocenters. The Hall–Kier alpha value is -3.73. The lowest BCUT2D eigenvalue weighted by Crippen LogP contribution is -2.42. The van der Waals surface area contributed by atoms with Gasteiger partial charge >= 0.3 is 11.7 Å². The second-order valence-corrected chi connectivity index (χ2v) is 6.93. The Balaban J connectivity index is 1.92. The first-order valence-corrected chi connectivity index (χ1v) is 9.10. The number of anilines is 1. The number of ether oxygens (including phenoxy) is 1. The number of nitrogen functional groups attached to an aromatic ring is 1. The van der Waals surface area contributed by atoms with Gasteiger partial charge in [0, 0.05) is 14.1 Å². The molecule has 2 N–H and O–H groups in total. The van der Waals surface area contributed by atoms with Crippen molar-refractivity contribution in [3.8, 4) is 11.3 Å². The van der Waals surface area contributed by atoms with Crippen LogP contribution in [-0.2, 0) is 18.8 Å². The van der Waals surface area contributed by atoms with Gasteiger partial charge in [0.15, 0.2) is 6.61 Å². The third-order valence-electron chi connectivity index (χ3n) is 4.59. The highest BCUT2D eigenvalue weighted by molar-refractivity contribution is 6.33. The van der Waals surface area contributed by atoms with E-state index in [0.29, 0.717) is 4.57 Å². The maximum atomic E-state index is 14.3. The van der Waals surface area contributed by atoms with Gasteiger partial charge in [-0.3, -0.25) is 18.7 Å². The van der Waals surface area contributed by atoms with Crippen LogP contribution in [0.5, 0.6) is 0 Å². The van der Waals surface area contributed by atoms with Crippen LogP contribution in [0.3, 0.4) is 0 Å². The van der Waals surface area contributed by atoms with Gasteiger partial charge < -0.3 is 15.0 Å². The van der Waals surface area contributed by atoms with Crippen molar-refractivity contribution in [3.05, 3.63) is 66.8 Å². The molecule has 0 spiro atoms. The molecule has 0 radical (unpaired) electrons. The van der Waals surface area contributed by atoms with Gasteiger partial charge in [0.25, 0.3) is 5.56 Å². The lowest BCUT2D eigenvalue weighted by Gasteiger charge is -2.11. The summed E-state index contributed by atoms with van der Waals surface area (Å²) in [5.41, 5.74) is 2.96. The van der Waals surface area contributed by atoms with E-state index in [-0.39, 0.29) is 33.4 Å². The molecule has 0 aliphatic carbocycles. The first kappa shape index (κ1) is 22.0. The number of esters is 1. The van der Waals surface area contributed by atoms with E-state index in [1.54, 1.807) is 0 Å². The van der Waals surface area contributed by atoms with Gasteiger partial charge in [-0.2, -0.15) is 0 Å². The average Bonchev–Trinajstić information content (AvgIpc) is 3.10. The Bertz CT molecular complexity index is 1320. The van der Waals surface area contributed by atoms with E-state index in [0.717, 1.165) is 10.6 Å². The number of Topliss-reactive ketones (excluding diaryl/α,β-unsaturated/α-hetero) is 1. The number of halogens is 2. The van der Waals surface area contributed by atoms with Crippen molar-refractivity contribution >= 4 is 29.2 Å². The van der Waals surface area contributed by atoms with Gasteiger partial charge in [-0.15, -0.1) is 0 Å². The normalized spacial score (nSPS) is 10.9. The van der Waals surface area contributed by atoms with Crippen LogP contribution in [0.15, 0.2) is 32.3 Å². The molecule has 2 heterocycles. The van der Waals surface area contributed by atoms with Gasteiger partial charge in [0.05, 0.1) is 10.6 Å². The predicted molar refractivity (Wildman–Crippen MR) is 108 cm³/mol. The van der Waals surface area contributed by atoms with Crippen molar-refractivity contribution in [1.29, 1.82) is 0 Å². The quantitative estimate of drug-likeness (QED) is 0.455. The lowest BCUT2D eigenvalue weighted by atomic mass is 10.1. The number of carbonyl (C=O) groups excluding carboxylic acids is 2. The fraction of sp³-hybridized carbons (Fsp3) is 0.211. The number of aryl methyl sites for hydroxylation is 1. The van der Waals surface area contributed by atoms with Gasteiger partial charge in [0.2, 0.25) is 5.78 Å². The zero-order valence-electron chi connectivity index (χ0n) is 16.6. The van der Waals surface area contributed by atoms with E-state index in [9.17, 15) is 23.6 Å². The molecular weight excluding hydrogens is 435 g/mol. The molecule has 0 aliphatic rings. The Morgan fingerprint density at radius 1 is 1.23 bits per heavy atom. The minimum Gasteiger partial charge on any atom is -0.454 e. The standard InChI is InChI=1S/C19H16ClFN4O6/c1-8-12(15(23-31-8)13-9(20)5-4-6-10(13)21)18(28)30-7-11(26)14-16(22)24(2)19(29)25(3)17(14)27/h4-6H,7,22H2,1-3H3. The number of nitrogens with two attached hydrogens (primary N) is 1. The van der Waals surface area contributed by atoms with E-state index < -0.39 is 41.0 Å². The van der Waals surface area contributed by atoms with Gasteiger partial charge in [0.1, 0.15) is 34.2 Å². The summed E-state index contributed by atoms with van der Waals surface area (Å²) >= 11 is 6.03. The summed E-state index contributed by atoms with van der Waals surface area (Å²) < 4.78 is 25.9. The minimum atomic E-state index is -1.05. The third kappa shape index (κ3) is 3.75. The predicted octanol–water partition coefficient (Wildman–Crippen LogP) is 1.46. The Kier molecular flexibility index (Phi) is 5.80. The van der Waals surface area contributed by atoms with Gasteiger partial charge in [-0.05, 0) is 19.1 Å². The first-order chi connectivity index (χ1) is 14.6. The smallest absolute Gasteiger partial charge is 0.344 e. The van der Waals surface area contributed by atoms with E-state index in [1.807, 2.05) is 0 Å². The number of nitrogens with zero attached hydrogens (tertiary/aromatic N) is 3. The SMILES string of the molecule is Cc1onc(-c2c(F)cccc2Cl)c1C(=O)OCC(=O)c1c(N)n(C)c(=O)n(C)c1=O. The van der Waals surface area contributed by atoms with Gasteiger partial charge in [-0.1, -0.05) is 22.8 Å². The molecule has 162 valence electrons. The molecule has 3 aromatic rings. The highest BCUT2D eigenvalue weighted by atomic mass is 35.5. The van der Waals surface area contributed by atoms with E-state index in [1.165, 1.54) is 33.2 Å². The van der Waals surface area contributed by atoms with E-state index in [4.69, 9.17) is 26.6 Å². The van der Waals surface area contributed by atoms with Crippen molar-refractivity contribution in [2.75, 3.05) is 12.3 Å². The van der Waals surface area contributed by atoms with Crippen LogP contribution in [0.25, 0.3) is 11.3 Å². The number of rotatable bonds is 5. The molecule has 1 aromatic carbocycles. The summed E-state index contributed by atoms with van der Waals surface area (Å²) in [6, 6.07) is 3.91. The van der Waals surface area contributed by atoms with Crippen LogP contribution in [0.4, 0.5) is 10.2 Å². The molecule has 12 heteroatoms. The van der Waals surface area contributed by atoms with Crippen LogP contribution in [0.2, 0.25) is 5.02 Å². The Morgan fingerprint density at radius 2 is 1.90 bits per heavy atom. The number of carbonyl (C=O) groups is 2. The fourth-order valence-corrected chi connectivity index (χ4v) is 3.16. The zero-order valence-corrected chi connectivity index (χ0v) is 17.3. The van der Waals surface area contributed by atoms with Crippen molar-refractivity contribution in [2.45, 2.75) is 6.92 Å². The van der Waals surface area contributed by atoms with E-state index in [2.05, 4.69) is 5.16 Å². The largest absolute Gasteiger partial charge is 0.454 e. The second kappa shape index (κ2) is 8.19. The minimum absolute atomic E-state index is 0.00399. The zero-order chi connectivity index (χ0) is 23.0. The first-order valence-electron chi connectivity index (χ1n) is 8.72. The van der Waals surface area contributed by atoms with Crippen molar-refractivity contribution in [1.82, 2.24) is 14.3 Å². The monoisotopic (exact) mass is 450 g/mol. The average molecular weight is 451 g/mol. The van der Waals surface area contributed by atoms with E-state index >= 15 is 0 Å². The maximum Gasteiger partial charge on any atom is 0.344 e. The molecule has 0 unspecified atom stereocenters. The highest BCUT2D eigenvalue weighted by Gasteiger charge is 2.28. The molecule has 0 fully saturated rings. The number of hydrogen-bond donors (Lipinski definition) is 1. The number of ketones is 1. The van der Waals surface area contributed by atoms with Crippen LogP contribution in [-0.4, -0.2) is 32.7 Å². The Labute approximate surface area is 178 Å². The molecule has 0 amide bonds. The Morgan fingerprint density at radius 3 is 2.55 bits per heavy atom. The molecule has 0 saturated heterocycles. The summed E-state index contributed by atoms with van der Waals surface area (Å²) in [7, 11) is 2.46. The summed E-state index contributed by atoms with van der Waals surface area (Å²) in [6.45, 7) is 0.524. The lowest BCUT2D eigenvalue weighted by molar-refractivity contribution is 0.0473. The van der Waals surface area contributed by atoms with Crippen LogP contribution in [0.1, 0.15) is 26.5 Å². The third-order valence-corrected chi connectivity index (χ3v) is 4.90. The molecule has 0 aliphatic heterocycles. The molecule has 31 heavy (non-hydrogen) atoms. The summed E-state index contributed by atoms with van der Waals surface area (Å²) in [6.07, 6.45) is 0. The van der Waals surface area contributed by atoms with Crippen LogP contribution >= 0.6 is 11.6 Å². The van der Waals surface area contributed by atoms with Crippen LogP contribution in [0, 0.1) is 12.7 Å². The number of aromatic nitrogens is 3. The molecule has 10 nitrogen and oxygen atoms in total. The molecule has 2 aromatic heterocycles. The fourth-order valence-electron chi connectivity index (χ4n) is 2.90. The molecular formula is C19H16ClFN4O6. The van der Waals surface area contributed by atoms with Crippen molar-refractivity contribution in [3.63, 3.8) is 0 Å². The molecule has 0 bridgehead atoms.